The summed E-state index contributed by atoms with van der Waals surface area (Å²) in [6.07, 6.45) is 1.85. The lowest BCUT2D eigenvalue weighted by atomic mass is 9.84. The van der Waals surface area contributed by atoms with Crippen molar-refractivity contribution in [2.75, 3.05) is 0 Å². The van der Waals surface area contributed by atoms with E-state index in [0.717, 1.165) is 49.6 Å². The van der Waals surface area contributed by atoms with Crippen LogP contribution < -0.4 is 0 Å². The number of furan rings is 2. The van der Waals surface area contributed by atoms with Crippen LogP contribution >= 0.6 is 11.3 Å². The van der Waals surface area contributed by atoms with Crippen LogP contribution in [0, 0.1) is 0 Å². The Bertz CT molecular complexity index is 3050. The summed E-state index contributed by atoms with van der Waals surface area (Å²) < 4.78 is 15.8. The Morgan fingerprint density at radius 1 is 0.347 bits per heavy atom. The van der Waals surface area contributed by atoms with Gasteiger partial charge in [0.15, 0.2) is 11.2 Å². The van der Waals surface area contributed by atoms with Crippen LogP contribution in [-0.2, 0) is 0 Å². The highest BCUT2D eigenvalue weighted by Gasteiger charge is 2.23. The fraction of sp³-hybridized carbons (Fsp3) is 0. The molecule has 0 bridgehead atoms. The van der Waals surface area contributed by atoms with Crippen molar-refractivity contribution >= 4 is 86.0 Å². The summed E-state index contributed by atoms with van der Waals surface area (Å²) in [5, 5.41) is 10.7. The van der Waals surface area contributed by atoms with Crippen LogP contribution in [0.25, 0.3) is 108 Å². The van der Waals surface area contributed by atoms with E-state index in [1.807, 2.05) is 23.7 Å². The maximum Gasteiger partial charge on any atom is 0.178 e. The van der Waals surface area contributed by atoms with Crippen LogP contribution in [0.3, 0.4) is 0 Å². The summed E-state index contributed by atoms with van der Waals surface area (Å²) in [6, 6.07) is 54.5. The Balaban J connectivity index is 1.23. The van der Waals surface area contributed by atoms with Crippen molar-refractivity contribution in [1.82, 2.24) is 0 Å². The summed E-state index contributed by atoms with van der Waals surface area (Å²) in [7, 11) is 0. The molecule has 0 aliphatic heterocycles. The summed E-state index contributed by atoms with van der Waals surface area (Å²) in [6.45, 7) is 0. The molecule has 0 saturated carbocycles. The molecule has 3 heteroatoms. The zero-order chi connectivity index (χ0) is 32.1. The molecule has 11 aromatic rings. The lowest BCUT2D eigenvalue weighted by Gasteiger charge is -2.18. The molecule has 0 radical (unpaired) electrons. The second-order valence-electron chi connectivity index (χ2n) is 12.7. The number of thiophene rings is 1. The number of fused-ring (bicyclic) bond motifs is 10. The second kappa shape index (κ2) is 10.2. The van der Waals surface area contributed by atoms with Gasteiger partial charge < -0.3 is 8.83 Å². The van der Waals surface area contributed by atoms with Crippen molar-refractivity contribution < 1.29 is 8.83 Å². The van der Waals surface area contributed by atoms with Crippen molar-refractivity contribution in [3.8, 4) is 33.4 Å². The van der Waals surface area contributed by atoms with Crippen molar-refractivity contribution in [2.45, 2.75) is 0 Å². The third-order valence-corrected chi connectivity index (χ3v) is 11.3. The van der Waals surface area contributed by atoms with Gasteiger partial charge in [-0.05, 0) is 62.5 Å². The predicted molar refractivity (Wildman–Crippen MR) is 208 cm³/mol. The minimum atomic E-state index is 0.777. The summed E-state index contributed by atoms with van der Waals surface area (Å²) in [5.74, 6) is 0. The van der Waals surface area contributed by atoms with Crippen molar-refractivity contribution in [1.29, 1.82) is 0 Å². The average molecular weight is 643 g/mol. The van der Waals surface area contributed by atoms with Crippen molar-refractivity contribution in [2.24, 2.45) is 0 Å². The Kier molecular flexibility index (Phi) is 5.57. The zero-order valence-electron chi connectivity index (χ0n) is 26.2. The first-order valence-corrected chi connectivity index (χ1v) is 17.4. The standard InChI is InChI=1S/C46H26O2S/c1-2-12-27(13-3-1)38-26-47-45-34(38)25-24-33-32-19-10-21-37(44(32)48-46(33)45)42-30-16-6-4-14-28(30)41(29-15-5-7-17-31(29)42)36-20-11-23-40-43(36)35-18-8-9-22-39(35)49-40/h1-26H. The van der Waals surface area contributed by atoms with E-state index >= 15 is 0 Å². The Hall–Kier alpha value is -6.16. The van der Waals surface area contributed by atoms with E-state index in [0.29, 0.717) is 0 Å². The molecule has 0 aliphatic carbocycles. The molecule has 228 valence electrons. The molecule has 0 atom stereocenters. The molecular weight excluding hydrogens is 617 g/mol. The smallest absolute Gasteiger partial charge is 0.178 e. The molecule has 0 fully saturated rings. The van der Waals surface area contributed by atoms with Gasteiger partial charge in [0.25, 0.3) is 0 Å². The Morgan fingerprint density at radius 3 is 1.65 bits per heavy atom. The first-order chi connectivity index (χ1) is 24.3. The number of benzene rings is 8. The summed E-state index contributed by atoms with van der Waals surface area (Å²) in [4.78, 5) is 0. The van der Waals surface area contributed by atoms with Gasteiger partial charge in [-0.3, -0.25) is 0 Å². The van der Waals surface area contributed by atoms with Crippen LogP contribution in [0.2, 0.25) is 0 Å². The molecule has 0 amide bonds. The zero-order valence-corrected chi connectivity index (χ0v) is 27.1. The van der Waals surface area contributed by atoms with E-state index in [1.54, 1.807) is 0 Å². The molecular formula is C46H26O2S. The monoisotopic (exact) mass is 642 g/mol. The van der Waals surface area contributed by atoms with Crippen LogP contribution in [-0.4, -0.2) is 0 Å². The SMILES string of the molecule is c1ccc(-c2coc3c2ccc2c4cccc(-c5c6ccccc6c(-c6cccc7sc8ccccc8c67)c6ccccc56)c4oc23)cc1. The highest BCUT2D eigenvalue weighted by molar-refractivity contribution is 7.25. The fourth-order valence-corrected chi connectivity index (χ4v) is 9.21. The lowest BCUT2D eigenvalue weighted by molar-refractivity contribution is 0.601. The minimum absolute atomic E-state index is 0.777. The maximum atomic E-state index is 6.92. The van der Waals surface area contributed by atoms with Gasteiger partial charge in [0.1, 0.15) is 5.58 Å². The Labute approximate surface area is 285 Å². The molecule has 3 heterocycles. The quantitative estimate of drug-likeness (QED) is 0.179. The topological polar surface area (TPSA) is 26.3 Å². The van der Waals surface area contributed by atoms with Gasteiger partial charge >= 0.3 is 0 Å². The van der Waals surface area contributed by atoms with Crippen LogP contribution in [0.5, 0.6) is 0 Å². The van der Waals surface area contributed by atoms with E-state index in [1.165, 1.54) is 58.4 Å². The molecule has 0 N–H and O–H groups in total. The normalized spacial score (nSPS) is 12.1. The van der Waals surface area contributed by atoms with E-state index < -0.39 is 0 Å². The Morgan fingerprint density at radius 2 is 0.898 bits per heavy atom. The minimum Gasteiger partial charge on any atom is -0.460 e. The van der Waals surface area contributed by atoms with E-state index in [4.69, 9.17) is 8.83 Å². The van der Waals surface area contributed by atoms with Crippen molar-refractivity contribution in [3.05, 3.63) is 158 Å². The van der Waals surface area contributed by atoms with Gasteiger partial charge in [-0.1, -0.05) is 127 Å². The molecule has 0 aliphatic rings. The predicted octanol–water partition coefficient (Wildman–Crippen LogP) is 14.0. The molecule has 8 aromatic carbocycles. The molecule has 0 saturated heterocycles. The van der Waals surface area contributed by atoms with Crippen molar-refractivity contribution in [3.63, 3.8) is 0 Å². The van der Waals surface area contributed by atoms with Crippen LogP contribution in [0.1, 0.15) is 0 Å². The highest BCUT2D eigenvalue weighted by Crippen LogP contribution is 2.50. The highest BCUT2D eigenvalue weighted by atomic mass is 32.1. The van der Waals surface area contributed by atoms with Gasteiger partial charge in [-0.25, -0.2) is 0 Å². The molecule has 0 spiro atoms. The van der Waals surface area contributed by atoms with Gasteiger partial charge in [-0.2, -0.15) is 0 Å². The molecule has 49 heavy (non-hydrogen) atoms. The van der Waals surface area contributed by atoms with Gasteiger partial charge in [-0.15, -0.1) is 11.3 Å². The van der Waals surface area contributed by atoms with E-state index in [2.05, 4.69) is 146 Å². The fourth-order valence-electron chi connectivity index (χ4n) is 8.08. The number of rotatable bonds is 3. The van der Waals surface area contributed by atoms with E-state index in [9.17, 15) is 0 Å². The largest absolute Gasteiger partial charge is 0.460 e. The third kappa shape index (κ3) is 3.76. The van der Waals surface area contributed by atoms with Crippen LogP contribution in [0.4, 0.5) is 0 Å². The molecule has 0 unspecified atom stereocenters. The molecule has 2 nitrogen and oxygen atoms in total. The first-order valence-electron chi connectivity index (χ1n) is 16.6. The van der Waals surface area contributed by atoms with Crippen LogP contribution in [0.15, 0.2) is 167 Å². The first kappa shape index (κ1) is 26.9. The second-order valence-corrected chi connectivity index (χ2v) is 13.8. The summed E-state index contributed by atoms with van der Waals surface area (Å²) in [5.41, 5.74) is 9.43. The van der Waals surface area contributed by atoms with Gasteiger partial charge in [0, 0.05) is 53.0 Å². The third-order valence-electron chi connectivity index (χ3n) is 10.2. The van der Waals surface area contributed by atoms with E-state index in [-0.39, 0.29) is 0 Å². The number of hydrogen-bond acceptors (Lipinski definition) is 3. The number of hydrogen-bond donors (Lipinski definition) is 0. The molecule has 3 aromatic heterocycles. The maximum absolute atomic E-state index is 6.92. The van der Waals surface area contributed by atoms with Gasteiger partial charge in [0.2, 0.25) is 0 Å². The lowest BCUT2D eigenvalue weighted by Crippen LogP contribution is -1.91. The molecule has 11 rings (SSSR count). The van der Waals surface area contributed by atoms with Gasteiger partial charge in [0.05, 0.1) is 6.26 Å². The average Bonchev–Trinajstić information content (AvgIpc) is 3.88. The number of para-hydroxylation sites is 1. The summed E-state index contributed by atoms with van der Waals surface area (Å²) >= 11 is 1.87.